The molecule has 1 aromatic carbocycles. The van der Waals surface area contributed by atoms with Crippen molar-refractivity contribution in [2.45, 2.75) is 18.5 Å². The van der Waals surface area contributed by atoms with Crippen LogP contribution in [0.5, 0.6) is 5.75 Å². The van der Waals surface area contributed by atoms with Crippen molar-refractivity contribution >= 4 is 33.3 Å². The van der Waals surface area contributed by atoms with Crippen LogP contribution in [0, 0.1) is 6.92 Å². The van der Waals surface area contributed by atoms with Crippen LogP contribution in [0.1, 0.15) is 12.0 Å². The van der Waals surface area contributed by atoms with Crippen molar-refractivity contribution in [2.75, 3.05) is 12.4 Å². The Balaban J connectivity index is 1.49. The van der Waals surface area contributed by atoms with Gasteiger partial charge < -0.3 is 9.72 Å². The Morgan fingerprint density at radius 1 is 1.36 bits per heavy atom. The van der Waals surface area contributed by atoms with Gasteiger partial charge >= 0.3 is 0 Å². The number of aromatic nitrogens is 2. The Morgan fingerprint density at radius 2 is 2.27 bits per heavy atom. The molecule has 0 aliphatic heterocycles. The Morgan fingerprint density at radius 3 is 3.14 bits per heavy atom. The smallest absolute Gasteiger partial charge is 0.260 e. The van der Waals surface area contributed by atoms with Crippen molar-refractivity contribution in [1.82, 2.24) is 9.97 Å². The lowest BCUT2D eigenvalue weighted by Crippen LogP contribution is -2.08. The summed E-state index contributed by atoms with van der Waals surface area (Å²) in [7, 11) is 0. The summed E-state index contributed by atoms with van der Waals surface area (Å²) in [6, 6.07) is 9.83. The van der Waals surface area contributed by atoms with Gasteiger partial charge in [-0.1, -0.05) is 23.9 Å². The number of fused-ring (bicyclic) bond motifs is 1. The van der Waals surface area contributed by atoms with Crippen LogP contribution in [-0.4, -0.2) is 22.3 Å². The fourth-order valence-corrected chi connectivity index (χ4v) is 3.64. The molecule has 0 spiro atoms. The van der Waals surface area contributed by atoms with Gasteiger partial charge in [0.15, 0.2) is 5.16 Å². The van der Waals surface area contributed by atoms with Gasteiger partial charge in [-0.2, -0.15) is 0 Å². The van der Waals surface area contributed by atoms with Crippen molar-refractivity contribution in [3.8, 4) is 5.75 Å². The van der Waals surface area contributed by atoms with E-state index in [4.69, 9.17) is 4.74 Å². The van der Waals surface area contributed by atoms with Crippen LogP contribution in [-0.2, 0) is 0 Å². The average Bonchev–Trinajstić information content (AvgIpc) is 2.96. The van der Waals surface area contributed by atoms with Crippen molar-refractivity contribution in [3.05, 3.63) is 51.6 Å². The van der Waals surface area contributed by atoms with E-state index in [1.165, 1.54) is 16.9 Å². The quantitative estimate of drug-likeness (QED) is 0.423. The molecule has 4 nitrogen and oxygen atoms in total. The molecule has 0 amide bonds. The van der Waals surface area contributed by atoms with E-state index in [0.29, 0.717) is 17.1 Å². The van der Waals surface area contributed by atoms with Gasteiger partial charge in [0, 0.05) is 5.75 Å². The molecule has 3 rings (SSSR count). The third kappa shape index (κ3) is 3.69. The molecule has 0 radical (unpaired) electrons. The van der Waals surface area contributed by atoms with Crippen LogP contribution in [0.25, 0.3) is 10.2 Å². The number of hydrogen-bond acceptors (Lipinski definition) is 5. The minimum atomic E-state index is -0.0650. The summed E-state index contributed by atoms with van der Waals surface area (Å²) < 4.78 is 5.70. The fraction of sp³-hybridized carbons (Fsp3) is 0.250. The molecule has 0 aliphatic carbocycles. The molecule has 0 saturated heterocycles. The van der Waals surface area contributed by atoms with Gasteiger partial charge in [-0.05, 0) is 42.5 Å². The van der Waals surface area contributed by atoms with Gasteiger partial charge in [-0.3, -0.25) is 4.79 Å². The van der Waals surface area contributed by atoms with Crippen LogP contribution in [0.4, 0.5) is 0 Å². The molecular weight excluding hydrogens is 316 g/mol. The first kappa shape index (κ1) is 15.1. The second-order valence-corrected chi connectivity index (χ2v) is 6.86. The number of thiophene rings is 1. The number of nitrogens with zero attached hydrogens (tertiary/aromatic N) is 1. The third-order valence-corrected chi connectivity index (χ3v) is 4.86. The normalized spacial score (nSPS) is 11.0. The van der Waals surface area contributed by atoms with Crippen molar-refractivity contribution in [3.63, 3.8) is 0 Å². The molecule has 2 aromatic heterocycles. The van der Waals surface area contributed by atoms with Gasteiger partial charge in [0.2, 0.25) is 0 Å². The molecule has 0 unspecified atom stereocenters. The molecule has 6 heteroatoms. The lowest BCUT2D eigenvalue weighted by atomic mass is 10.2. The van der Waals surface area contributed by atoms with E-state index >= 15 is 0 Å². The first-order valence-electron chi connectivity index (χ1n) is 7.02. The summed E-state index contributed by atoms with van der Waals surface area (Å²) in [5.74, 6) is 1.75. The fourth-order valence-electron chi connectivity index (χ4n) is 2.04. The van der Waals surface area contributed by atoms with E-state index in [-0.39, 0.29) is 5.56 Å². The van der Waals surface area contributed by atoms with Crippen LogP contribution in [0.3, 0.4) is 0 Å². The van der Waals surface area contributed by atoms with Gasteiger partial charge in [0.1, 0.15) is 10.6 Å². The number of H-pyrrole nitrogens is 1. The van der Waals surface area contributed by atoms with Crippen molar-refractivity contribution in [1.29, 1.82) is 0 Å². The number of ether oxygens (including phenoxy) is 1. The summed E-state index contributed by atoms with van der Waals surface area (Å²) in [4.78, 5) is 19.9. The molecule has 0 aliphatic rings. The average molecular weight is 332 g/mol. The highest BCUT2D eigenvalue weighted by atomic mass is 32.2. The SMILES string of the molecule is Cc1cccc(OCCCSc2nc3sccc3c(=O)[nH]2)c1. The van der Waals surface area contributed by atoms with E-state index in [0.717, 1.165) is 22.8 Å². The Hall–Kier alpha value is -1.79. The molecule has 0 fully saturated rings. The second-order valence-electron chi connectivity index (χ2n) is 4.88. The zero-order chi connectivity index (χ0) is 15.4. The van der Waals surface area contributed by atoms with E-state index in [1.54, 1.807) is 17.8 Å². The first-order chi connectivity index (χ1) is 10.7. The van der Waals surface area contributed by atoms with Crippen LogP contribution >= 0.6 is 23.1 Å². The molecule has 0 bridgehead atoms. The van der Waals surface area contributed by atoms with Crippen molar-refractivity contribution < 1.29 is 4.74 Å². The lowest BCUT2D eigenvalue weighted by molar-refractivity contribution is 0.318. The van der Waals surface area contributed by atoms with Crippen molar-refractivity contribution in [2.24, 2.45) is 0 Å². The number of aryl methyl sites for hydroxylation is 1. The molecule has 3 aromatic rings. The van der Waals surface area contributed by atoms with E-state index in [1.807, 2.05) is 36.6 Å². The maximum atomic E-state index is 11.8. The van der Waals surface area contributed by atoms with Crippen LogP contribution in [0.15, 0.2) is 45.7 Å². The predicted octanol–water partition coefficient (Wildman–Crippen LogP) is 3.85. The first-order valence-corrected chi connectivity index (χ1v) is 8.89. The number of benzene rings is 1. The lowest BCUT2D eigenvalue weighted by Gasteiger charge is -2.06. The Bertz CT molecular complexity index is 826. The van der Waals surface area contributed by atoms with Gasteiger partial charge in [0.25, 0.3) is 5.56 Å². The monoisotopic (exact) mass is 332 g/mol. The summed E-state index contributed by atoms with van der Waals surface area (Å²) >= 11 is 3.04. The van der Waals surface area contributed by atoms with Crippen LogP contribution < -0.4 is 10.3 Å². The summed E-state index contributed by atoms with van der Waals surface area (Å²) in [6.07, 6.45) is 0.894. The molecular formula is C16H16N2O2S2. The topological polar surface area (TPSA) is 55.0 Å². The minimum absolute atomic E-state index is 0.0650. The highest BCUT2D eigenvalue weighted by molar-refractivity contribution is 7.99. The zero-order valence-electron chi connectivity index (χ0n) is 12.2. The number of nitrogens with one attached hydrogen (secondary N) is 1. The number of thioether (sulfide) groups is 1. The molecule has 1 N–H and O–H groups in total. The highest BCUT2D eigenvalue weighted by Crippen LogP contribution is 2.19. The maximum absolute atomic E-state index is 11.8. The second kappa shape index (κ2) is 6.98. The Labute approximate surface area is 136 Å². The summed E-state index contributed by atoms with van der Waals surface area (Å²) in [5.41, 5.74) is 1.13. The molecule has 0 atom stereocenters. The van der Waals surface area contributed by atoms with Gasteiger partial charge in [-0.25, -0.2) is 4.98 Å². The molecule has 0 saturated carbocycles. The standard InChI is InChI=1S/C16H16N2O2S2/c1-11-4-2-5-12(10-11)20-7-3-8-22-16-17-14(19)13-6-9-21-15(13)18-16/h2,4-6,9-10H,3,7-8H2,1H3,(H,17,18,19). The van der Waals surface area contributed by atoms with Gasteiger partial charge in [-0.15, -0.1) is 11.3 Å². The Kier molecular flexibility index (Phi) is 4.80. The number of hydrogen-bond donors (Lipinski definition) is 1. The van der Waals surface area contributed by atoms with Crippen LogP contribution in [0.2, 0.25) is 0 Å². The highest BCUT2D eigenvalue weighted by Gasteiger charge is 2.05. The summed E-state index contributed by atoms with van der Waals surface area (Å²) in [5, 5.41) is 3.23. The molecule has 22 heavy (non-hydrogen) atoms. The van der Waals surface area contributed by atoms with E-state index in [9.17, 15) is 4.79 Å². The maximum Gasteiger partial charge on any atom is 0.260 e. The van der Waals surface area contributed by atoms with E-state index < -0.39 is 0 Å². The summed E-state index contributed by atoms with van der Waals surface area (Å²) in [6.45, 7) is 2.70. The largest absolute Gasteiger partial charge is 0.494 e. The molecule has 114 valence electrons. The van der Waals surface area contributed by atoms with E-state index in [2.05, 4.69) is 9.97 Å². The zero-order valence-corrected chi connectivity index (χ0v) is 13.8. The third-order valence-electron chi connectivity index (χ3n) is 3.10. The van der Waals surface area contributed by atoms with Gasteiger partial charge in [0.05, 0.1) is 12.0 Å². The predicted molar refractivity (Wildman–Crippen MR) is 92.3 cm³/mol. The number of rotatable bonds is 6. The number of aromatic amines is 1. The molecule has 2 heterocycles. The minimum Gasteiger partial charge on any atom is -0.494 e.